The summed E-state index contributed by atoms with van der Waals surface area (Å²) in [5.74, 6) is 1.28. The minimum absolute atomic E-state index is 0.0929. The van der Waals surface area contributed by atoms with Gasteiger partial charge in [-0.05, 0) is 65.2 Å². The van der Waals surface area contributed by atoms with Crippen LogP contribution in [0.2, 0.25) is 10.0 Å². The minimum Gasteiger partial charge on any atom is -0.497 e. The van der Waals surface area contributed by atoms with Gasteiger partial charge in [0, 0.05) is 16.8 Å². The van der Waals surface area contributed by atoms with Gasteiger partial charge < -0.3 is 14.6 Å². The molecule has 0 saturated heterocycles. The molecule has 0 radical (unpaired) electrons. The number of halogens is 2. The van der Waals surface area contributed by atoms with Gasteiger partial charge in [-0.1, -0.05) is 83.9 Å². The van der Waals surface area contributed by atoms with Crippen LogP contribution >= 0.6 is 23.2 Å². The maximum absolute atomic E-state index is 13.2. The Hall–Kier alpha value is -4.06. The van der Waals surface area contributed by atoms with Crippen molar-refractivity contribution >= 4 is 52.0 Å². The van der Waals surface area contributed by atoms with Gasteiger partial charge >= 0.3 is 0 Å². The van der Waals surface area contributed by atoms with Crippen LogP contribution in [0, 0.1) is 0 Å². The van der Waals surface area contributed by atoms with Crippen LogP contribution in [0.15, 0.2) is 91.1 Å². The lowest BCUT2D eigenvalue weighted by Gasteiger charge is -2.17. The SMILES string of the molecule is COc1ccc(C=Cc2nc(-c3ccc(Cl)cc3Cl)cn2CC(=O)NC(C)c2cccc3ccccc23)cc1. The minimum atomic E-state index is -0.171. The number of imidazole rings is 1. The summed E-state index contributed by atoms with van der Waals surface area (Å²) in [6.07, 6.45) is 5.67. The highest BCUT2D eigenvalue weighted by molar-refractivity contribution is 6.36. The zero-order valence-corrected chi connectivity index (χ0v) is 23.1. The van der Waals surface area contributed by atoms with E-state index in [9.17, 15) is 4.79 Å². The fourth-order valence-corrected chi connectivity index (χ4v) is 5.06. The van der Waals surface area contributed by atoms with Crippen molar-refractivity contribution in [3.05, 3.63) is 118 Å². The average molecular weight is 556 g/mol. The lowest BCUT2D eigenvalue weighted by atomic mass is 10.00. The Labute approximate surface area is 237 Å². The second-order valence-electron chi connectivity index (χ2n) is 9.20. The largest absolute Gasteiger partial charge is 0.497 e. The van der Waals surface area contributed by atoms with Crippen molar-refractivity contribution in [2.45, 2.75) is 19.5 Å². The number of nitrogens with zero attached hydrogens (tertiary/aromatic N) is 2. The molecule has 0 bridgehead atoms. The van der Waals surface area contributed by atoms with Crippen molar-refractivity contribution in [1.29, 1.82) is 0 Å². The summed E-state index contributed by atoms with van der Waals surface area (Å²) >= 11 is 12.6. The molecule has 0 spiro atoms. The monoisotopic (exact) mass is 555 g/mol. The second kappa shape index (κ2) is 11.8. The molecule has 4 aromatic carbocycles. The predicted molar refractivity (Wildman–Crippen MR) is 160 cm³/mol. The predicted octanol–water partition coefficient (Wildman–Crippen LogP) is 8.07. The fourth-order valence-electron chi connectivity index (χ4n) is 4.55. The summed E-state index contributed by atoms with van der Waals surface area (Å²) in [5.41, 5.74) is 3.44. The molecule has 0 fully saturated rings. The van der Waals surface area contributed by atoms with Crippen LogP contribution in [0.1, 0.15) is 29.9 Å². The van der Waals surface area contributed by atoms with Gasteiger partial charge in [-0.3, -0.25) is 4.79 Å². The van der Waals surface area contributed by atoms with Crippen molar-refractivity contribution in [1.82, 2.24) is 14.9 Å². The number of aromatic nitrogens is 2. The molecule has 5 nitrogen and oxygen atoms in total. The molecule has 1 N–H and O–H groups in total. The Kier molecular flexibility index (Phi) is 8.01. The molecular weight excluding hydrogens is 529 g/mol. The lowest BCUT2D eigenvalue weighted by molar-refractivity contribution is -0.122. The quantitative estimate of drug-likeness (QED) is 0.210. The molecule has 196 valence electrons. The van der Waals surface area contributed by atoms with Gasteiger partial charge in [0.1, 0.15) is 18.1 Å². The normalized spacial score (nSPS) is 12.1. The molecule has 39 heavy (non-hydrogen) atoms. The van der Waals surface area contributed by atoms with Crippen molar-refractivity contribution in [3.8, 4) is 17.0 Å². The number of rotatable bonds is 8. The maximum atomic E-state index is 13.2. The van der Waals surface area contributed by atoms with E-state index in [0.29, 0.717) is 21.6 Å². The Morgan fingerprint density at radius 2 is 1.77 bits per heavy atom. The molecule has 5 rings (SSSR count). The number of ether oxygens (including phenoxy) is 1. The zero-order valence-electron chi connectivity index (χ0n) is 21.6. The van der Waals surface area contributed by atoms with Crippen LogP contribution in [-0.2, 0) is 11.3 Å². The van der Waals surface area contributed by atoms with Gasteiger partial charge in [-0.15, -0.1) is 0 Å². The number of nitrogens with one attached hydrogen (secondary N) is 1. The molecule has 7 heteroatoms. The van der Waals surface area contributed by atoms with E-state index in [-0.39, 0.29) is 18.5 Å². The first-order valence-electron chi connectivity index (χ1n) is 12.5. The molecule has 0 saturated carbocycles. The first-order valence-corrected chi connectivity index (χ1v) is 13.3. The van der Waals surface area contributed by atoms with Gasteiger partial charge in [0.2, 0.25) is 5.91 Å². The molecule has 0 aliphatic carbocycles. The molecule has 1 atom stereocenters. The number of benzene rings is 4. The first-order chi connectivity index (χ1) is 18.9. The molecule has 1 heterocycles. The third kappa shape index (κ3) is 6.17. The standard InChI is InChI=1S/C32H27Cl2N3O2/c1-21(26-9-5-7-23-6-3-4-8-27(23)26)35-32(38)20-37-19-30(28-16-13-24(33)18-29(28)34)36-31(37)17-12-22-10-14-25(39-2)15-11-22/h3-19,21H,20H2,1-2H3,(H,35,38). The van der Waals surface area contributed by atoms with E-state index < -0.39 is 0 Å². The Bertz CT molecular complexity index is 1650. The molecular formula is C32H27Cl2N3O2. The van der Waals surface area contributed by atoms with Crippen LogP contribution in [0.5, 0.6) is 5.75 Å². The number of carbonyl (C=O) groups excluding carboxylic acids is 1. The van der Waals surface area contributed by atoms with E-state index in [1.807, 2.05) is 84.4 Å². The van der Waals surface area contributed by atoms with Gasteiger partial charge in [0.05, 0.1) is 23.9 Å². The van der Waals surface area contributed by atoms with Crippen LogP contribution in [0.3, 0.4) is 0 Å². The number of hydrogen-bond donors (Lipinski definition) is 1. The topological polar surface area (TPSA) is 56.2 Å². The lowest BCUT2D eigenvalue weighted by Crippen LogP contribution is -2.30. The molecule has 5 aromatic rings. The van der Waals surface area contributed by atoms with E-state index in [0.717, 1.165) is 33.2 Å². The van der Waals surface area contributed by atoms with E-state index in [2.05, 4.69) is 23.5 Å². The molecule has 1 unspecified atom stereocenters. The highest BCUT2D eigenvalue weighted by Gasteiger charge is 2.16. The number of amides is 1. The summed E-state index contributed by atoms with van der Waals surface area (Å²) in [4.78, 5) is 18.0. The van der Waals surface area contributed by atoms with E-state index >= 15 is 0 Å². The summed E-state index contributed by atoms with van der Waals surface area (Å²) in [7, 11) is 1.64. The molecule has 1 amide bonds. The van der Waals surface area contributed by atoms with Crippen molar-refractivity contribution in [2.75, 3.05) is 7.11 Å². The maximum Gasteiger partial charge on any atom is 0.240 e. The number of carbonyl (C=O) groups is 1. The van der Waals surface area contributed by atoms with E-state index in [1.54, 1.807) is 19.2 Å². The van der Waals surface area contributed by atoms with Crippen LogP contribution in [-0.4, -0.2) is 22.6 Å². The fraction of sp³-hybridized carbons (Fsp3) is 0.125. The zero-order chi connectivity index (χ0) is 27.4. The Balaban J connectivity index is 1.42. The van der Waals surface area contributed by atoms with Crippen LogP contribution in [0.25, 0.3) is 34.2 Å². The van der Waals surface area contributed by atoms with Crippen LogP contribution in [0.4, 0.5) is 0 Å². The number of methoxy groups -OCH3 is 1. The van der Waals surface area contributed by atoms with Gasteiger partial charge in [0.15, 0.2) is 0 Å². The third-order valence-corrected chi connectivity index (χ3v) is 7.08. The van der Waals surface area contributed by atoms with Gasteiger partial charge in [0.25, 0.3) is 0 Å². The third-order valence-electron chi connectivity index (χ3n) is 6.54. The van der Waals surface area contributed by atoms with E-state index in [4.69, 9.17) is 32.9 Å². The van der Waals surface area contributed by atoms with E-state index in [1.165, 1.54) is 0 Å². The van der Waals surface area contributed by atoms with Gasteiger partial charge in [-0.2, -0.15) is 0 Å². The molecule has 0 aliphatic heterocycles. The summed E-state index contributed by atoms with van der Waals surface area (Å²) in [6, 6.07) is 27.1. The molecule has 0 aliphatic rings. The smallest absolute Gasteiger partial charge is 0.240 e. The van der Waals surface area contributed by atoms with Crippen LogP contribution < -0.4 is 10.1 Å². The Morgan fingerprint density at radius 3 is 2.54 bits per heavy atom. The second-order valence-corrected chi connectivity index (χ2v) is 10.0. The first kappa shape index (κ1) is 26.5. The van der Waals surface area contributed by atoms with Crippen molar-refractivity contribution < 1.29 is 9.53 Å². The van der Waals surface area contributed by atoms with Crippen molar-refractivity contribution in [3.63, 3.8) is 0 Å². The van der Waals surface area contributed by atoms with Gasteiger partial charge in [-0.25, -0.2) is 4.98 Å². The highest BCUT2D eigenvalue weighted by Crippen LogP contribution is 2.30. The highest BCUT2D eigenvalue weighted by atomic mass is 35.5. The number of hydrogen-bond acceptors (Lipinski definition) is 3. The Morgan fingerprint density at radius 1 is 1.00 bits per heavy atom. The summed E-state index contributed by atoms with van der Waals surface area (Å²) in [6.45, 7) is 2.09. The van der Waals surface area contributed by atoms with Crippen molar-refractivity contribution in [2.24, 2.45) is 0 Å². The average Bonchev–Trinajstić information content (AvgIpc) is 3.33. The summed E-state index contributed by atoms with van der Waals surface area (Å²) in [5, 5.41) is 6.45. The number of fused-ring (bicyclic) bond motifs is 1. The summed E-state index contributed by atoms with van der Waals surface area (Å²) < 4.78 is 7.07. The molecule has 1 aromatic heterocycles.